The molecule has 202 valence electrons. The van der Waals surface area contributed by atoms with Gasteiger partial charge in [0.05, 0.1) is 11.5 Å². The first kappa shape index (κ1) is 26.4. The zero-order chi connectivity index (χ0) is 26.7. The van der Waals surface area contributed by atoms with Gasteiger partial charge in [0.25, 0.3) is 0 Å². The van der Waals surface area contributed by atoms with Crippen LogP contribution in [0.2, 0.25) is 0 Å². The highest BCUT2D eigenvalue weighted by atomic mass is 16.2. The van der Waals surface area contributed by atoms with Crippen molar-refractivity contribution in [2.24, 2.45) is 0 Å². The summed E-state index contributed by atoms with van der Waals surface area (Å²) >= 11 is 0. The van der Waals surface area contributed by atoms with E-state index in [0.717, 1.165) is 61.9 Å². The highest BCUT2D eigenvalue weighted by Gasteiger charge is 2.47. The predicted molar refractivity (Wildman–Crippen MR) is 149 cm³/mol. The first-order valence-corrected chi connectivity index (χ1v) is 14.2. The van der Waals surface area contributed by atoms with Crippen molar-refractivity contribution in [1.29, 1.82) is 0 Å². The quantitative estimate of drug-likeness (QED) is 0.590. The van der Waals surface area contributed by atoms with Gasteiger partial charge in [0.1, 0.15) is 6.04 Å². The topological polar surface area (TPSA) is 81.8 Å². The molecule has 2 aromatic rings. The Balaban J connectivity index is 1.25. The summed E-state index contributed by atoms with van der Waals surface area (Å²) < 4.78 is 0. The van der Waals surface area contributed by atoms with Crippen LogP contribution in [0.4, 0.5) is 5.69 Å². The number of benzene rings is 2. The molecular formula is C31H40N4O3. The number of aryl methyl sites for hydroxylation is 1. The summed E-state index contributed by atoms with van der Waals surface area (Å²) in [5.74, 6) is 0.0426. The molecule has 3 aliphatic rings. The van der Waals surface area contributed by atoms with Gasteiger partial charge < -0.3 is 20.4 Å². The van der Waals surface area contributed by atoms with Gasteiger partial charge in [-0.3, -0.25) is 14.4 Å². The van der Waals surface area contributed by atoms with Crippen LogP contribution in [0, 0.1) is 0 Å². The van der Waals surface area contributed by atoms with Crippen molar-refractivity contribution in [3.05, 3.63) is 65.7 Å². The van der Waals surface area contributed by atoms with Crippen LogP contribution in [0.25, 0.3) is 0 Å². The minimum Gasteiger partial charge on any atom is -0.343 e. The van der Waals surface area contributed by atoms with Crippen LogP contribution in [0.3, 0.4) is 0 Å². The molecule has 2 saturated heterocycles. The van der Waals surface area contributed by atoms with Gasteiger partial charge in [-0.1, -0.05) is 55.0 Å². The number of carbonyl (C=O) groups excluding carboxylic acids is 3. The number of para-hydroxylation sites is 1. The molecule has 0 saturated carbocycles. The Hall–Kier alpha value is -3.19. The molecule has 2 aromatic carbocycles. The number of piperidine rings is 2. The SMILES string of the molecule is CC1(C)C(=O)N(C2CCN(C(=O)[C@H](CCc3ccccc3)NC(=O)[C@@H]3CCCCN3)CC2)c2ccccc21. The lowest BCUT2D eigenvalue weighted by Crippen LogP contribution is -2.56. The zero-order valence-corrected chi connectivity index (χ0v) is 22.6. The van der Waals surface area contributed by atoms with E-state index in [1.54, 1.807) is 0 Å². The number of amides is 3. The molecule has 3 aliphatic heterocycles. The van der Waals surface area contributed by atoms with Crippen molar-refractivity contribution in [1.82, 2.24) is 15.5 Å². The lowest BCUT2D eigenvalue weighted by Gasteiger charge is -2.39. The van der Waals surface area contributed by atoms with Gasteiger partial charge in [-0.25, -0.2) is 0 Å². The molecule has 2 N–H and O–H groups in total. The Morgan fingerprint density at radius 3 is 2.42 bits per heavy atom. The number of fused-ring (bicyclic) bond motifs is 1. The molecule has 0 radical (unpaired) electrons. The highest BCUT2D eigenvalue weighted by Crippen LogP contribution is 2.43. The van der Waals surface area contributed by atoms with Crippen LogP contribution < -0.4 is 15.5 Å². The number of nitrogens with zero attached hydrogens (tertiary/aromatic N) is 2. The van der Waals surface area contributed by atoms with Crippen LogP contribution in [0.1, 0.15) is 63.5 Å². The predicted octanol–water partition coefficient (Wildman–Crippen LogP) is 3.56. The lowest BCUT2D eigenvalue weighted by molar-refractivity contribution is -0.138. The summed E-state index contributed by atoms with van der Waals surface area (Å²) in [4.78, 5) is 44.1. The monoisotopic (exact) mass is 516 g/mol. The van der Waals surface area contributed by atoms with Crippen molar-refractivity contribution in [3.8, 4) is 0 Å². The van der Waals surface area contributed by atoms with Gasteiger partial charge in [0, 0.05) is 24.8 Å². The summed E-state index contributed by atoms with van der Waals surface area (Å²) in [6.07, 6.45) is 5.65. The standard InChI is InChI=1S/C31H40N4O3/c1-31(2)24-12-6-7-14-27(24)35(30(31)38)23-17-20-34(21-18-23)29(37)26(16-15-22-10-4-3-5-11-22)33-28(36)25-13-8-9-19-32-25/h3-7,10-12,14,23,25-26,32H,8-9,13,15-21H2,1-2H3,(H,33,36)/t25-,26-/m0/s1. The summed E-state index contributed by atoms with van der Waals surface area (Å²) in [7, 11) is 0. The van der Waals surface area contributed by atoms with E-state index in [2.05, 4.69) is 22.8 Å². The van der Waals surface area contributed by atoms with Crippen molar-refractivity contribution < 1.29 is 14.4 Å². The second-order valence-electron chi connectivity index (χ2n) is 11.5. The Morgan fingerprint density at radius 2 is 1.71 bits per heavy atom. The largest absolute Gasteiger partial charge is 0.343 e. The molecule has 3 amide bonds. The van der Waals surface area contributed by atoms with Gasteiger partial charge in [0.15, 0.2) is 0 Å². The highest BCUT2D eigenvalue weighted by molar-refractivity contribution is 6.08. The second-order valence-corrected chi connectivity index (χ2v) is 11.5. The van der Waals surface area contributed by atoms with Crippen molar-refractivity contribution >= 4 is 23.4 Å². The van der Waals surface area contributed by atoms with E-state index in [4.69, 9.17) is 0 Å². The summed E-state index contributed by atoms with van der Waals surface area (Å²) in [6.45, 7) is 5.98. The van der Waals surface area contributed by atoms with E-state index in [-0.39, 0.29) is 29.8 Å². The third-order valence-electron chi connectivity index (χ3n) is 8.54. The van der Waals surface area contributed by atoms with E-state index in [1.807, 2.05) is 66.1 Å². The molecule has 5 rings (SSSR count). The normalized spacial score (nSPS) is 22.2. The molecule has 0 bridgehead atoms. The average molecular weight is 517 g/mol. The molecule has 2 fully saturated rings. The van der Waals surface area contributed by atoms with Crippen molar-refractivity contribution in [3.63, 3.8) is 0 Å². The van der Waals surface area contributed by atoms with E-state index in [1.165, 1.54) is 0 Å². The van der Waals surface area contributed by atoms with Crippen molar-refractivity contribution in [2.45, 2.75) is 82.3 Å². The van der Waals surface area contributed by atoms with Crippen LogP contribution in [0.15, 0.2) is 54.6 Å². The summed E-state index contributed by atoms with van der Waals surface area (Å²) in [5.41, 5.74) is 2.69. The molecule has 0 aromatic heterocycles. The fourth-order valence-corrected chi connectivity index (χ4v) is 6.23. The minimum atomic E-state index is -0.559. The second kappa shape index (κ2) is 11.3. The Morgan fingerprint density at radius 1 is 1.00 bits per heavy atom. The number of hydrogen-bond acceptors (Lipinski definition) is 4. The van der Waals surface area contributed by atoms with E-state index in [9.17, 15) is 14.4 Å². The smallest absolute Gasteiger partial charge is 0.245 e. The zero-order valence-electron chi connectivity index (χ0n) is 22.6. The van der Waals surface area contributed by atoms with E-state index in [0.29, 0.717) is 19.5 Å². The minimum absolute atomic E-state index is 0.0166. The van der Waals surface area contributed by atoms with Crippen LogP contribution in [-0.2, 0) is 26.2 Å². The molecule has 0 aliphatic carbocycles. The van der Waals surface area contributed by atoms with Gasteiger partial charge in [-0.15, -0.1) is 0 Å². The van der Waals surface area contributed by atoms with Gasteiger partial charge >= 0.3 is 0 Å². The third kappa shape index (κ3) is 5.35. The number of carbonyl (C=O) groups is 3. The fourth-order valence-electron chi connectivity index (χ4n) is 6.23. The summed E-state index contributed by atoms with van der Waals surface area (Å²) in [5, 5.41) is 6.39. The Kier molecular flexibility index (Phi) is 7.84. The number of likely N-dealkylation sites (tertiary alicyclic amines) is 1. The maximum absolute atomic E-state index is 13.7. The molecule has 3 heterocycles. The molecule has 2 atom stereocenters. The molecular weight excluding hydrogens is 476 g/mol. The van der Waals surface area contributed by atoms with Gasteiger partial charge in [-0.05, 0) is 76.1 Å². The lowest BCUT2D eigenvalue weighted by atomic mass is 9.86. The van der Waals surface area contributed by atoms with Crippen LogP contribution in [0.5, 0.6) is 0 Å². The number of nitrogens with one attached hydrogen (secondary N) is 2. The molecule has 7 heteroatoms. The Labute approximate surface area is 226 Å². The van der Waals surface area contributed by atoms with E-state index >= 15 is 0 Å². The molecule has 0 spiro atoms. The first-order valence-electron chi connectivity index (χ1n) is 14.2. The number of rotatable bonds is 7. The fraction of sp³-hybridized carbons (Fsp3) is 0.516. The van der Waals surface area contributed by atoms with Crippen LogP contribution in [-0.4, -0.2) is 60.4 Å². The van der Waals surface area contributed by atoms with E-state index < -0.39 is 11.5 Å². The summed E-state index contributed by atoms with van der Waals surface area (Å²) in [6, 6.07) is 17.4. The number of anilines is 1. The third-order valence-corrected chi connectivity index (χ3v) is 8.54. The maximum atomic E-state index is 13.7. The molecule has 38 heavy (non-hydrogen) atoms. The average Bonchev–Trinajstić information content (AvgIpc) is 3.16. The molecule has 0 unspecified atom stereocenters. The first-order chi connectivity index (χ1) is 18.4. The van der Waals surface area contributed by atoms with Crippen molar-refractivity contribution in [2.75, 3.05) is 24.5 Å². The van der Waals surface area contributed by atoms with Gasteiger partial charge in [-0.2, -0.15) is 0 Å². The maximum Gasteiger partial charge on any atom is 0.245 e. The van der Waals surface area contributed by atoms with Gasteiger partial charge in [0.2, 0.25) is 17.7 Å². The molecule has 7 nitrogen and oxygen atoms in total. The number of hydrogen-bond donors (Lipinski definition) is 2. The Bertz CT molecular complexity index is 1150. The van der Waals surface area contributed by atoms with Crippen LogP contribution >= 0.6 is 0 Å².